The van der Waals surface area contributed by atoms with Crippen LogP contribution in [0.3, 0.4) is 0 Å². The quantitative estimate of drug-likeness (QED) is 0.506. The van der Waals surface area contributed by atoms with Crippen LogP contribution in [0.2, 0.25) is 0 Å². The Balaban J connectivity index is 1.60. The molecule has 0 aliphatic heterocycles. The van der Waals surface area contributed by atoms with E-state index in [0.29, 0.717) is 10.6 Å². The summed E-state index contributed by atoms with van der Waals surface area (Å²) in [4.78, 5) is 13.7. The molecule has 1 aromatic carbocycles. The fraction of sp³-hybridized carbons (Fsp3) is 0.111. The fourth-order valence-electron chi connectivity index (χ4n) is 2.04. The number of hydrazone groups is 1. The van der Waals surface area contributed by atoms with Crippen LogP contribution in [0.1, 0.15) is 25.7 Å². The molecule has 3 aromatic rings. The Morgan fingerprint density at radius 2 is 1.96 bits per heavy atom. The maximum absolute atomic E-state index is 12.9. The molecule has 7 heteroatoms. The van der Waals surface area contributed by atoms with Crippen molar-refractivity contribution in [3.05, 3.63) is 73.9 Å². The molecule has 128 valence electrons. The van der Waals surface area contributed by atoms with Crippen molar-refractivity contribution in [2.24, 2.45) is 5.10 Å². The van der Waals surface area contributed by atoms with Crippen molar-refractivity contribution in [2.45, 2.75) is 13.5 Å². The van der Waals surface area contributed by atoms with Gasteiger partial charge in [-0.25, -0.2) is 9.82 Å². The van der Waals surface area contributed by atoms with Gasteiger partial charge in [0.2, 0.25) is 0 Å². The molecule has 25 heavy (non-hydrogen) atoms. The van der Waals surface area contributed by atoms with Crippen LogP contribution in [-0.4, -0.2) is 12.1 Å². The Kier molecular flexibility index (Phi) is 5.57. The second kappa shape index (κ2) is 8.04. The molecule has 0 aliphatic rings. The molecule has 0 radical (unpaired) electrons. The first-order valence-corrected chi connectivity index (χ1v) is 9.21. The van der Waals surface area contributed by atoms with Crippen LogP contribution in [-0.2, 0) is 6.61 Å². The van der Waals surface area contributed by atoms with Crippen molar-refractivity contribution in [3.8, 4) is 5.75 Å². The van der Waals surface area contributed by atoms with E-state index in [9.17, 15) is 9.18 Å². The van der Waals surface area contributed by atoms with Crippen LogP contribution < -0.4 is 10.2 Å². The molecule has 0 saturated heterocycles. The summed E-state index contributed by atoms with van der Waals surface area (Å²) in [5.41, 5.74) is 4.45. The van der Waals surface area contributed by atoms with Gasteiger partial charge in [0.15, 0.2) is 0 Å². The second-order valence-electron chi connectivity index (χ2n) is 5.20. The number of ether oxygens (including phenoxy) is 1. The second-order valence-corrected chi connectivity index (χ2v) is 7.06. The van der Waals surface area contributed by atoms with Gasteiger partial charge in [-0.3, -0.25) is 4.79 Å². The topological polar surface area (TPSA) is 50.7 Å². The first-order chi connectivity index (χ1) is 12.1. The molecule has 0 atom stereocenters. The number of benzene rings is 1. The van der Waals surface area contributed by atoms with Gasteiger partial charge in [0, 0.05) is 4.88 Å². The average Bonchev–Trinajstić information content (AvgIpc) is 3.23. The number of carbonyl (C=O) groups excluding carboxylic acids is 1. The molecular weight excluding hydrogens is 359 g/mol. The van der Waals surface area contributed by atoms with Crippen molar-refractivity contribution in [2.75, 3.05) is 0 Å². The summed E-state index contributed by atoms with van der Waals surface area (Å²) >= 11 is 2.84. The molecule has 1 amide bonds. The lowest BCUT2D eigenvalue weighted by molar-refractivity contribution is 0.0955. The van der Waals surface area contributed by atoms with Gasteiger partial charge in [0.25, 0.3) is 5.91 Å². The van der Waals surface area contributed by atoms with E-state index in [-0.39, 0.29) is 18.3 Å². The van der Waals surface area contributed by atoms with Gasteiger partial charge in [-0.1, -0.05) is 12.1 Å². The predicted molar refractivity (Wildman–Crippen MR) is 99.2 cm³/mol. The number of thiophene rings is 2. The number of aryl methyl sites for hydroxylation is 1. The average molecular weight is 374 g/mol. The highest BCUT2D eigenvalue weighted by Crippen LogP contribution is 2.25. The highest BCUT2D eigenvalue weighted by molar-refractivity contribution is 7.12. The molecule has 0 fully saturated rings. The number of carbonyl (C=O) groups is 1. The zero-order chi connectivity index (χ0) is 17.6. The molecule has 3 rings (SSSR count). The standard InChI is InChI=1S/C18H15FN2O2S2/c1-12-6-8-24-16(12)10-20-21-18(22)17-15(7-9-25-17)23-11-13-2-4-14(19)5-3-13/h2-10H,11H2,1H3,(H,21,22)/b20-10+. The molecular formula is C18H15FN2O2S2. The Labute approximate surface area is 152 Å². The first-order valence-electron chi connectivity index (χ1n) is 7.45. The van der Waals surface area contributed by atoms with E-state index in [1.807, 2.05) is 18.4 Å². The van der Waals surface area contributed by atoms with E-state index < -0.39 is 0 Å². The van der Waals surface area contributed by atoms with E-state index in [2.05, 4.69) is 10.5 Å². The van der Waals surface area contributed by atoms with Crippen LogP contribution >= 0.6 is 22.7 Å². The fourth-order valence-corrected chi connectivity index (χ4v) is 3.55. The van der Waals surface area contributed by atoms with Gasteiger partial charge in [-0.05, 0) is 53.1 Å². The number of nitrogens with zero attached hydrogens (tertiary/aromatic N) is 1. The third kappa shape index (κ3) is 4.52. The van der Waals surface area contributed by atoms with E-state index >= 15 is 0 Å². The van der Waals surface area contributed by atoms with Gasteiger partial charge in [-0.2, -0.15) is 5.10 Å². The number of rotatable bonds is 6. The summed E-state index contributed by atoms with van der Waals surface area (Å²) in [6.45, 7) is 2.25. The summed E-state index contributed by atoms with van der Waals surface area (Å²) in [6, 6.07) is 9.78. The van der Waals surface area contributed by atoms with Gasteiger partial charge >= 0.3 is 0 Å². The smallest absolute Gasteiger partial charge is 0.285 e. The first kappa shape index (κ1) is 17.3. The molecule has 0 aliphatic carbocycles. The molecule has 4 nitrogen and oxygen atoms in total. The van der Waals surface area contributed by atoms with Crippen LogP contribution in [0.15, 0.2) is 52.3 Å². The summed E-state index contributed by atoms with van der Waals surface area (Å²) in [7, 11) is 0. The van der Waals surface area contributed by atoms with Crippen molar-refractivity contribution in [3.63, 3.8) is 0 Å². The number of hydrogen-bond acceptors (Lipinski definition) is 5. The maximum Gasteiger partial charge on any atom is 0.285 e. The lowest BCUT2D eigenvalue weighted by Crippen LogP contribution is -2.17. The minimum absolute atomic E-state index is 0.259. The molecule has 1 N–H and O–H groups in total. The van der Waals surface area contributed by atoms with E-state index in [0.717, 1.165) is 16.0 Å². The Morgan fingerprint density at radius 1 is 1.20 bits per heavy atom. The summed E-state index contributed by atoms with van der Waals surface area (Å²) in [5, 5.41) is 7.75. The Bertz CT molecular complexity index is 885. The largest absolute Gasteiger partial charge is 0.487 e. The van der Waals surface area contributed by atoms with Crippen LogP contribution in [0.5, 0.6) is 5.75 Å². The summed E-state index contributed by atoms with van der Waals surface area (Å²) < 4.78 is 18.6. The molecule has 0 spiro atoms. The van der Waals surface area contributed by atoms with Gasteiger partial charge in [0.05, 0.1) is 6.21 Å². The molecule has 2 heterocycles. The SMILES string of the molecule is Cc1ccsc1/C=N/NC(=O)c1sccc1OCc1ccc(F)cc1. The van der Waals surface area contributed by atoms with Crippen molar-refractivity contribution < 1.29 is 13.9 Å². The van der Waals surface area contributed by atoms with E-state index in [1.54, 1.807) is 41.1 Å². The van der Waals surface area contributed by atoms with Gasteiger partial charge in [0.1, 0.15) is 23.1 Å². The van der Waals surface area contributed by atoms with Crippen molar-refractivity contribution in [1.29, 1.82) is 0 Å². The maximum atomic E-state index is 12.9. The van der Waals surface area contributed by atoms with Crippen molar-refractivity contribution in [1.82, 2.24) is 5.43 Å². The van der Waals surface area contributed by atoms with Crippen LogP contribution in [0, 0.1) is 12.7 Å². The van der Waals surface area contributed by atoms with Crippen LogP contribution in [0.25, 0.3) is 0 Å². The van der Waals surface area contributed by atoms with E-state index in [4.69, 9.17) is 4.74 Å². The Hall–Kier alpha value is -2.51. The minimum Gasteiger partial charge on any atom is -0.487 e. The number of halogens is 1. The lowest BCUT2D eigenvalue weighted by atomic mass is 10.2. The zero-order valence-corrected chi connectivity index (χ0v) is 15.0. The highest BCUT2D eigenvalue weighted by Gasteiger charge is 2.14. The molecule has 2 aromatic heterocycles. The van der Waals surface area contributed by atoms with E-state index in [1.165, 1.54) is 23.5 Å². The third-order valence-corrected chi connectivity index (χ3v) is 5.24. The van der Waals surface area contributed by atoms with Gasteiger partial charge in [-0.15, -0.1) is 22.7 Å². The predicted octanol–water partition coefficient (Wildman–Crippen LogP) is 4.60. The number of amides is 1. The molecule has 0 unspecified atom stereocenters. The molecule has 0 bridgehead atoms. The van der Waals surface area contributed by atoms with Crippen LogP contribution in [0.4, 0.5) is 4.39 Å². The highest BCUT2D eigenvalue weighted by atomic mass is 32.1. The minimum atomic E-state index is -0.324. The normalized spacial score (nSPS) is 11.0. The molecule has 0 saturated carbocycles. The summed E-state index contributed by atoms with van der Waals surface area (Å²) in [5.74, 6) is -0.137. The monoisotopic (exact) mass is 374 g/mol. The summed E-state index contributed by atoms with van der Waals surface area (Å²) in [6.07, 6.45) is 1.63. The lowest BCUT2D eigenvalue weighted by Gasteiger charge is -2.06. The number of nitrogens with one attached hydrogen (secondary N) is 1. The Morgan fingerprint density at radius 3 is 2.68 bits per heavy atom. The zero-order valence-electron chi connectivity index (χ0n) is 13.4. The third-order valence-electron chi connectivity index (χ3n) is 3.39. The number of hydrogen-bond donors (Lipinski definition) is 1. The van der Waals surface area contributed by atoms with Gasteiger partial charge < -0.3 is 4.74 Å². The van der Waals surface area contributed by atoms with Crippen molar-refractivity contribution >= 4 is 34.8 Å².